The molecule has 0 amide bonds. The van der Waals surface area contributed by atoms with Crippen LogP contribution in [0.25, 0.3) is 16.5 Å². The van der Waals surface area contributed by atoms with Crippen molar-refractivity contribution < 1.29 is 4.74 Å². The van der Waals surface area contributed by atoms with Gasteiger partial charge in [0, 0.05) is 67.0 Å². The van der Waals surface area contributed by atoms with Crippen molar-refractivity contribution >= 4 is 39.6 Å². The molecule has 1 aromatic heterocycles. The Morgan fingerprint density at radius 1 is 1.05 bits per heavy atom. The summed E-state index contributed by atoms with van der Waals surface area (Å²) < 4.78 is 6.18. The zero-order chi connectivity index (χ0) is 29.2. The van der Waals surface area contributed by atoms with Crippen molar-refractivity contribution in [2.75, 3.05) is 57.8 Å². The average molecular weight is 574 g/mol. The lowest BCUT2D eigenvalue weighted by Crippen LogP contribution is -2.44. The van der Waals surface area contributed by atoms with Crippen LogP contribution in [0.4, 0.5) is 11.5 Å². The number of halogens is 1. The number of aromatic nitrogens is 2. The standard InChI is InChI=1S/C31H36ClN5O.C3H8/c1-4-6-8-23(5-2)30-33-28-22-26(38-20-7-14-36-18-16-35(3)17-19-36)10-11-27(28)31(34-30)37-15-13-24-21-25(32)9-12-29(24)37;1-3-2/h4-6,8-12,21-22H,2,7,13-20H2,1,3H3;3H2,1-2H3/b6-4-,23-8+;. The molecule has 218 valence electrons. The molecule has 0 unspecified atom stereocenters. The first-order valence-electron chi connectivity index (χ1n) is 14.8. The number of rotatable bonds is 9. The molecule has 0 spiro atoms. The number of hydrogen-bond donors (Lipinski definition) is 0. The highest BCUT2D eigenvalue weighted by Crippen LogP contribution is 2.39. The normalized spacial score (nSPS) is 16.1. The molecule has 3 heterocycles. The average Bonchev–Trinajstić information content (AvgIpc) is 3.39. The fourth-order valence-corrected chi connectivity index (χ4v) is 5.29. The topological polar surface area (TPSA) is 44.7 Å². The van der Waals surface area contributed by atoms with Crippen LogP contribution in [-0.2, 0) is 6.42 Å². The van der Waals surface area contributed by atoms with Gasteiger partial charge in [0.15, 0.2) is 5.82 Å². The van der Waals surface area contributed by atoms with E-state index in [-0.39, 0.29) is 0 Å². The number of nitrogens with zero attached hydrogens (tertiary/aromatic N) is 5. The summed E-state index contributed by atoms with van der Waals surface area (Å²) >= 11 is 6.28. The molecule has 2 aromatic carbocycles. The predicted octanol–water partition coefficient (Wildman–Crippen LogP) is 7.56. The van der Waals surface area contributed by atoms with Crippen LogP contribution in [0.5, 0.6) is 5.75 Å². The smallest absolute Gasteiger partial charge is 0.162 e. The van der Waals surface area contributed by atoms with E-state index in [1.807, 2.05) is 43.4 Å². The van der Waals surface area contributed by atoms with Crippen LogP contribution in [0.1, 0.15) is 45.0 Å². The minimum Gasteiger partial charge on any atom is -0.493 e. The van der Waals surface area contributed by atoms with Gasteiger partial charge in [0.1, 0.15) is 11.6 Å². The highest BCUT2D eigenvalue weighted by molar-refractivity contribution is 6.30. The minimum absolute atomic E-state index is 0.648. The Balaban J connectivity index is 0.00000124. The maximum absolute atomic E-state index is 6.28. The van der Waals surface area contributed by atoms with Crippen molar-refractivity contribution in [3.05, 3.63) is 83.7 Å². The largest absolute Gasteiger partial charge is 0.493 e. The molecule has 0 bridgehead atoms. The molecule has 6 nitrogen and oxygen atoms in total. The Kier molecular flexibility index (Phi) is 11.4. The van der Waals surface area contributed by atoms with Crippen molar-refractivity contribution in [2.45, 2.75) is 40.0 Å². The van der Waals surface area contributed by atoms with Crippen molar-refractivity contribution in [3.8, 4) is 5.75 Å². The van der Waals surface area contributed by atoms with Crippen molar-refractivity contribution in [3.63, 3.8) is 0 Å². The van der Waals surface area contributed by atoms with E-state index in [0.29, 0.717) is 12.4 Å². The maximum atomic E-state index is 6.28. The van der Waals surface area contributed by atoms with Gasteiger partial charge in [-0.15, -0.1) is 0 Å². The fraction of sp³-hybridized carbons (Fsp3) is 0.412. The van der Waals surface area contributed by atoms with Crippen LogP contribution in [-0.4, -0.2) is 72.7 Å². The zero-order valence-corrected chi connectivity index (χ0v) is 25.8. The van der Waals surface area contributed by atoms with Crippen LogP contribution < -0.4 is 9.64 Å². The summed E-state index contributed by atoms with van der Waals surface area (Å²) in [5.41, 5.74) is 4.11. The van der Waals surface area contributed by atoms with Gasteiger partial charge in [0.05, 0.1) is 12.1 Å². The Hall–Kier alpha value is -3.19. The number of benzene rings is 2. The van der Waals surface area contributed by atoms with E-state index in [1.165, 1.54) is 12.0 Å². The van der Waals surface area contributed by atoms with Crippen LogP contribution in [0.3, 0.4) is 0 Å². The van der Waals surface area contributed by atoms with Gasteiger partial charge in [-0.05, 0) is 62.7 Å². The Bertz CT molecular complexity index is 1380. The molecule has 7 heteroatoms. The number of hydrogen-bond acceptors (Lipinski definition) is 6. The number of piperazine rings is 1. The molecule has 0 aliphatic carbocycles. The molecule has 0 atom stereocenters. The van der Waals surface area contributed by atoms with E-state index < -0.39 is 0 Å². The molecule has 3 aromatic rings. The van der Waals surface area contributed by atoms with Gasteiger partial charge < -0.3 is 19.4 Å². The SMILES string of the molecule is C=C/C(=C\C=C/C)c1nc(N2CCc3cc(Cl)ccc32)c2ccc(OCCCN3CCN(C)CC3)cc2n1.CCC. The van der Waals surface area contributed by atoms with Gasteiger partial charge in [-0.1, -0.05) is 62.8 Å². The lowest BCUT2D eigenvalue weighted by atomic mass is 10.1. The highest BCUT2D eigenvalue weighted by Gasteiger charge is 2.25. The lowest BCUT2D eigenvalue weighted by molar-refractivity contribution is 0.145. The van der Waals surface area contributed by atoms with E-state index in [0.717, 1.165) is 90.9 Å². The summed E-state index contributed by atoms with van der Waals surface area (Å²) in [5.74, 6) is 2.37. The number of allylic oxidation sites excluding steroid dienone is 5. The minimum atomic E-state index is 0.648. The lowest BCUT2D eigenvalue weighted by Gasteiger charge is -2.32. The van der Waals surface area contributed by atoms with Crippen LogP contribution >= 0.6 is 11.6 Å². The van der Waals surface area contributed by atoms with Crippen LogP contribution in [0, 0.1) is 0 Å². The van der Waals surface area contributed by atoms with Crippen molar-refractivity contribution in [1.29, 1.82) is 0 Å². The van der Waals surface area contributed by atoms with Gasteiger partial charge in [-0.25, -0.2) is 9.97 Å². The third-order valence-electron chi connectivity index (χ3n) is 7.27. The quantitative estimate of drug-likeness (QED) is 0.194. The van der Waals surface area contributed by atoms with Crippen molar-refractivity contribution in [2.24, 2.45) is 0 Å². The molecule has 1 fully saturated rings. The first-order valence-corrected chi connectivity index (χ1v) is 15.2. The Morgan fingerprint density at radius 3 is 2.56 bits per heavy atom. The molecular weight excluding hydrogens is 530 g/mol. The highest BCUT2D eigenvalue weighted by atomic mass is 35.5. The van der Waals surface area contributed by atoms with Gasteiger partial charge in [-0.3, -0.25) is 0 Å². The molecule has 0 radical (unpaired) electrons. The maximum Gasteiger partial charge on any atom is 0.162 e. The fourth-order valence-electron chi connectivity index (χ4n) is 5.09. The first kappa shape index (κ1) is 30.8. The Labute approximate surface area is 251 Å². The third kappa shape index (κ3) is 7.97. The third-order valence-corrected chi connectivity index (χ3v) is 7.51. The van der Waals surface area contributed by atoms with Gasteiger partial charge in [-0.2, -0.15) is 0 Å². The molecule has 41 heavy (non-hydrogen) atoms. The summed E-state index contributed by atoms with van der Waals surface area (Å²) in [5, 5.41) is 1.76. The molecule has 1 saturated heterocycles. The van der Waals surface area contributed by atoms with E-state index in [4.69, 9.17) is 26.3 Å². The summed E-state index contributed by atoms with van der Waals surface area (Å²) in [6.45, 7) is 17.4. The second-order valence-electron chi connectivity index (χ2n) is 10.6. The number of anilines is 2. The second-order valence-corrected chi connectivity index (χ2v) is 11.1. The molecule has 0 saturated carbocycles. The molecule has 2 aliphatic heterocycles. The molecule has 0 N–H and O–H groups in total. The number of fused-ring (bicyclic) bond motifs is 2. The zero-order valence-electron chi connectivity index (χ0n) is 25.1. The first-order chi connectivity index (χ1) is 20.0. The van der Waals surface area contributed by atoms with E-state index in [2.05, 4.69) is 60.4 Å². The Morgan fingerprint density at radius 2 is 1.83 bits per heavy atom. The van der Waals surface area contributed by atoms with Gasteiger partial charge >= 0.3 is 0 Å². The van der Waals surface area contributed by atoms with Crippen molar-refractivity contribution in [1.82, 2.24) is 19.8 Å². The molecule has 5 rings (SSSR count). The monoisotopic (exact) mass is 573 g/mol. The van der Waals surface area contributed by atoms with E-state index >= 15 is 0 Å². The van der Waals surface area contributed by atoms with E-state index in [1.54, 1.807) is 6.08 Å². The van der Waals surface area contributed by atoms with Crippen LogP contribution in [0.2, 0.25) is 5.02 Å². The second kappa shape index (κ2) is 15.2. The van der Waals surface area contributed by atoms with Gasteiger partial charge in [0.2, 0.25) is 0 Å². The molecular formula is C34H44ClN5O. The summed E-state index contributed by atoms with van der Waals surface area (Å²) in [7, 11) is 2.19. The summed E-state index contributed by atoms with van der Waals surface area (Å²) in [6.07, 6.45) is 10.9. The van der Waals surface area contributed by atoms with E-state index in [9.17, 15) is 0 Å². The van der Waals surface area contributed by atoms with Crippen LogP contribution in [0.15, 0.2) is 67.3 Å². The number of ether oxygens (including phenoxy) is 1. The predicted molar refractivity (Wildman–Crippen MR) is 175 cm³/mol. The number of likely N-dealkylation sites (N-methyl/N-ethyl adjacent to an activating group) is 1. The molecule has 2 aliphatic rings. The summed E-state index contributed by atoms with van der Waals surface area (Å²) in [4.78, 5) is 17.2. The summed E-state index contributed by atoms with van der Waals surface area (Å²) in [6, 6.07) is 12.2. The van der Waals surface area contributed by atoms with Gasteiger partial charge in [0.25, 0.3) is 0 Å².